The van der Waals surface area contributed by atoms with Gasteiger partial charge in [0.15, 0.2) is 0 Å². The molecule has 0 aliphatic carbocycles. The number of aryl methyl sites for hydroxylation is 1. The van der Waals surface area contributed by atoms with E-state index in [1.165, 1.54) is 5.01 Å². The lowest BCUT2D eigenvalue weighted by Gasteiger charge is -2.12. The van der Waals surface area contributed by atoms with Crippen molar-refractivity contribution >= 4 is 26.0 Å². The highest BCUT2D eigenvalue weighted by Crippen LogP contribution is 2.11. The molecule has 0 radical (unpaired) electrons. The molecule has 0 unspecified atom stereocenters. The van der Waals surface area contributed by atoms with Crippen LogP contribution < -0.4 is 4.83 Å². The number of nitrogens with one attached hydrogen (secondary N) is 1. The van der Waals surface area contributed by atoms with Crippen molar-refractivity contribution < 1.29 is 8.42 Å². The van der Waals surface area contributed by atoms with E-state index in [-0.39, 0.29) is 4.90 Å². The fourth-order valence-electron chi connectivity index (χ4n) is 1.24. The molecule has 16 heavy (non-hydrogen) atoms. The number of halogens is 1. The van der Waals surface area contributed by atoms with Crippen LogP contribution in [0.3, 0.4) is 0 Å². The first kappa shape index (κ1) is 13.6. The Hall–Kier alpha value is -0.430. The molecule has 0 atom stereocenters. The molecular formula is C10H15BrN2O2S. The second-order valence-electron chi connectivity index (χ2n) is 3.57. The van der Waals surface area contributed by atoms with Gasteiger partial charge in [0.2, 0.25) is 0 Å². The van der Waals surface area contributed by atoms with Crippen molar-refractivity contribution in [3.8, 4) is 0 Å². The molecule has 1 aromatic carbocycles. The molecule has 4 nitrogen and oxygen atoms in total. The Labute approximate surface area is 105 Å². The molecule has 1 rings (SSSR count). The Morgan fingerprint density at radius 1 is 1.25 bits per heavy atom. The van der Waals surface area contributed by atoms with Crippen molar-refractivity contribution in [3.63, 3.8) is 0 Å². The molecule has 0 amide bonds. The van der Waals surface area contributed by atoms with Gasteiger partial charge in [0.25, 0.3) is 10.0 Å². The van der Waals surface area contributed by atoms with Crippen LogP contribution in [0, 0.1) is 0 Å². The second kappa shape index (κ2) is 5.77. The van der Waals surface area contributed by atoms with Gasteiger partial charge < -0.3 is 0 Å². The van der Waals surface area contributed by atoms with Crippen molar-refractivity contribution in [2.75, 3.05) is 19.4 Å². The zero-order valence-electron chi connectivity index (χ0n) is 9.27. The summed E-state index contributed by atoms with van der Waals surface area (Å²) < 4.78 is 23.5. The first-order chi connectivity index (χ1) is 7.45. The van der Waals surface area contributed by atoms with E-state index in [0.29, 0.717) is 0 Å². The molecule has 90 valence electrons. The van der Waals surface area contributed by atoms with Crippen LogP contribution in [0.25, 0.3) is 0 Å². The van der Waals surface area contributed by atoms with Crippen molar-refractivity contribution in [3.05, 3.63) is 29.8 Å². The lowest BCUT2D eigenvalue weighted by Crippen LogP contribution is -2.36. The topological polar surface area (TPSA) is 49.4 Å². The van der Waals surface area contributed by atoms with E-state index in [2.05, 4.69) is 20.8 Å². The van der Waals surface area contributed by atoms with Crippen LogP contribution in [-0.2, 0) is 16.4 Å². The summed E-state index contributed by atoms with van der Waals surface area (Å²) in [5, 5.41) is 2.27. The smallest absolute Gasteiger partial charge is 0.237 e. The van der Waals surface area contributed by atoms with Crippen molar-refractivity contribution in [1.82, 2.24) is 9.84 Å². The maximum absolute atomic E-state index is 11.7. The van der Waals surface area contributed by atoms with Crippen LogP contribution in [0.5, 0.6) is 0 Å². The highest BCUT2D eigenvalue weighted by Gasteiger charge is 2.13. The zero-order valence-corrected chi connectivity index (χ0v) is 11.7. The average molecular weight is 307 g/mol. The monoisotopic (exact) mass is 306 g/mol. The number of hydrazine groups is 1. The van der Waals surface area contributed by atoms with Gasteiger partial charge in [-0.3, -0.25) is 0 Å². The molecule has 0 saturated heterocycles. The highest BCUT2D eigenvalue weighted by atomic mass is 79.9. The Kier molecular flexibility index (Phi) is 4.91. The molecule has 1 N–H and O–H groups in total. The maximum Gasteiger partial charge on any atom is 0.253 e. The quantitative estimate of drug-likeness (QED) is 0.660. The van der Waals surface area contributed by atoms with Crippen molar-refractivity contribution in [2.24, 2.45) is 0 Å². The molecular weight excluding hydrogens is 292 g/mol. The number of hydrogen-bond donors (Lipinski definition) is 1. The lowest BCUT2D eigenvalue weighted by atomic mass is 10.2. The van der Waals surface area contributed by atoms with E-state index < -0.39 is 10.0 Å². The number of alkyl halides is 1. The summed E-state index contributed by atoms with van der Waals surface area (Å²) in [6, 6.07) is 6.88. The van der Waals surface area contributed by atoms with Crippen molar-refractivity contribution in [2.45, 2.75) is 11.3 Å². The molecule has 1 aromatic rings. The summed E-state index contributed by atoms with van der Waals surface area (Å²) in [5.74, 6) is 0. The summed E-state index contributed by atoms with van der Waals surface area (Å²) in [6.07, 6.45) is 0.890. The second-order valence-corrected chi connectivity index (χ2v) is 6.03. The van der Waals surface area contributed by atoms with Gasteiger partial charge in [-0.1, -0.05) is 28.1 Å². The molecule has 0 saturated carbocycles. The lowest BCUT2D eigenvalue weighted by molar-refractivity contribution is 0.364. The Morgan fingerprint density at radius 2 is 1.81 bits per heavy atom. The fraction of sp³-hybridized carbons (Fsp3) is 0.400. The Balaban J connectivity index is 2.89. The minimum Gasteiger partial charge on any atom is -0.237 e. The van der Waals surface area contributed by atoms with Gasteiger partial charge in [-0.2, -0.15) is 0 Å². The van der Waals surface area contributed by atoms with Gasteiger partial charge in [0.1, 0.15) is 0 Å². The van der Waals surface area contributed by atoms with Crippen LogP contribution in [0.15, 0.2) is 29.2 Å². The molecule has 0 bridgehead atoms. The minimum absolute atomic E-state index is 0.277. The Morgan fingerprint density at radius 3 is 2.25 bits per heavy atom. The van der Waals surface area contributed by atoms with Gasteiger partial charge in [-0.05, 0) is 24.1 Å². The van der Waals surface area contributed by atoms with E-state index in [1.807, 2.05) is 12.1 Å². The summed E-state index contributed by atoms with van der Waals surface area (Å²) in [7, 11) is -0.156. The van der Waals surface area contributed by atoms with Gasteiger partial charge in [0.05, 0.1) is 4.90 Å². The summed E-state index contributed by atoms with van der Waals surface area (Å²) in [4.78, 5) is 2.66. The first-order valence-corrected chi connectivity index (χ1v) is 7.41. The Bertz CT molecular complexity index is 429. The van der Waals surface area contributed by atoms with E-state index in [9.17, 15) is 8.42 Å². The highest BCUT2D eigenvalue weighted by molar-refractivity contribution is 9.09. The van der Waals surface area contributed by atoms with Gasteiger partial charge in [0, 0.05) is 19.4 Å². The normalized spacial score (nSPS) is 12.0. The standard InChI is InChI=1S/C10H15BrN2O2S/c1-13(2)12-16(14,15)10-5-3-9(4-6-10)7-8-11/h3-6,12H,7-8H2,1-2H3. The molecule has 0 spiro atoms. The summed E-state index contributed by atoms with van der Waals surface area (Å²) in [6.45, 7) is 0. The summed E-state index contributed by atoms with van der Waals surface area (Å²) in [5.41, 5.74) is 1.11. The van der Waals surface area contributed by atoms with E-state index >= 15 is 0 Å². The minimum atomic E-state index is -3.43. The maximum atomic E-state index is 11.7. The zero-order chi connectivity index (χ0) is 12.2. The van der Waals surface area contributed by atoms with Crippen LogP contribution in [-0.4, -0.2) is 32.9 Å². The van der Waals surface area contributed by atoms with Crippen LogP contribution >= 0.6 is 15.9 Å². The van der Waals surface area contributed by atoms with Gasteiger partial charge >= 0.3 is 0 Å². The molecule has 0 fully saturated rings. The third-order valence-corrected chi connectivity index (χ3v) is 3.81. The predicted octanol–water partition coefficient (Wildman–Crippen LogP) is 1.38. The molecule has 6 heteroatoms. The molecule has 0 aromatic heterocycles. The van der Waals surface area contributed by atoms with E-state index in [1.54, 1.807) is 26.2 Å². The molecule has 0 aliphatic rings. The number of benzene rings is 1. The average Bonchev–Trinajstić information content (AvgIpc) is 2.17. The van der Waals surface area contributed by atoms with Gasteiger partial charge in [-0.15, -0.1) is 4.83 Å². The number of rotatable bonds is 5. The van der Waals surface area contributed by atoms with E-state index in [4.69, 9.17) is 0 Å². The van der Waals surface area contributed by atoms with Crippen molar-refractivity contribution in [1.29, 1.82) is 0 Å². The third kappa shape index (κ3) is 3.86. The summed E-state index contributed by atoms with van der Waals surface area (Å²) >= 11 is 3.34. The third-order valence-electron chi connectivity index (χ3n) is 1.92. The van der Waals surface area contributed by atoms with E-state index in [0.717, 1.165) is 17.3 Å². The number of nitrogens with zero attached hydrogens (tertiary/aromatic N) is 1. The molecule has 0 aliphatic heterocycles. The van der Waals surface area contributed by atoms with Crippen LogP contribution in [0.2, 0.25) is 0 Å². The first-order valence-electron chi connectivity index (χ1n) is 4.80. The SMILES string of the molecule is CN(C)NS(=O)(=O)c1ccc(CCBr)cc1. The van der Waals surface area contributed by atoms with Crippen LogP contribution in [0.4, 0.5) is 0 Å². The van der Waals surface area contributed by atoms with Gasteiger partial charge in [-0.25, -0.2) is 13.4 Å². The number of sulfonamides is 1. The largest absolute Gasteiger partial charge is 0.253 e. The number of hydrogen-bond acceptors (Lipinski definition) is 3. The fourth-order valence-corrected chi connectivity index (χ4v) is 2.78. The van der Waals surface area contributed by atoms with Crippen LogP contribution in [0.1, 0.15) is 5.56 Å². The molecule has 0 heterocycles. The predicted molar refractivity (Wildman–Crippen MR) is 67.9 cm³/mol.